The van der Waals surface area contributed by atoms with E-state index in [-0.39, 0.29) is 24.0 Å². The lowest BCUT2D eigenvalue weighted by molar-refractivity contribution is 0.293. The number of hydrogen-bond donors (Lipinski definition) is 2. The molecular weight excluding hydrogens is 495 g/mol. The molecule has 5 nitrogen and oxygen atoms in total. The monoisotopic (exact) mass is 526 g/mol. The molecule has 1 aliphatic carbocycles. The van der Waals surface area contributed by atoms with E-state index in [4.69, 9.17) is 9.73 Å². The average Bonchev–Trinajstić information content (AvgIpc) is 3.19. The van der Waals surface area contributed by atoms with Gasteiger partial charge in [-0.2, -0.15) is 11.8 Å². The number of halogens is 1. The fourth-order valence-corrected chi connectivity index (χ4v) is 4.12. The van der Waals surface area contributed by atoms with Crippen molar-refractivity contribution in [2.24, 2.45) is 4.99 Å². The third kappa shape index (κ3) is 8.04. The van der Waals surface area contributed by atoms with Crippen LogP contribution in [0.1, 0.15) is 37.3 Å². The van der Waals surface area contributed by atoms with E-state index < -0.39 is 0 Å². The van der Waals surface area contributed by atoms with E-state index in [9.17, 15) is 0 Å². The first-order valence-electron chi connectivity index (χ1n) is 9.96. The molecule has 7 heteroatoms. The van der Waals surface area contributed by atoms with Gasteiger partial charge in [-0.25, -0.2) is 9.98 Å². The Bertz CT molecular complexity index is 759. The second kappa shape index (κ2) is 13.0. The van der Waals surface area contributed by atoms with Crippen LogP contribution in [0.4, 0.5) is 0 Å². The highest BCUT2D eigenvalue weighted by Gasteiger charge is 2.24. The summed E-state index contributed by atoms with van der Waals surface area (Å²) in [6, 6.07) is 14.6. The van der Waals surface area contributed by atoms with E-state index in [1.54, 1.807) is 6.20 Å². The van der Waals surface area contributed by atoms with Crippen LogP contribution >= 0.6 is 35.7 Å². The quantitative estimate of drug-likeness (QED) is 0.299. The van der Waals surface area contributed by atoms with Crippen molar-refractivity contribution >= 4 is 41.7 Å². The molecule has 2 aromatic rings. The Morgan fingerprint density at radius 2 is 2.03 bits per heavy atom. The van der Waals surface area contributed by atoms with Gasteiger partial charge < -0.3 is 15.4 Å². The molecule has 0 saturated heterocycles. The minimum absolute atomic E-state index is 0. The maximum Gasteiger partial charge on any atom is 0.213 e. The van der Waals surface area contributed by atoms with Crippen LogP contribution in [0.15, 0.2) is 53.7 Å². The fraction of sp³-hybridized carbons (Fsp3) is 0.455. The predicted octanol–water partition coefficient (Wildman–Crippen LogP) is 4.62. The lowest BCUT2D eigenvalue weighted by atomic mass is 10.2. The molecule has 1 aromatic carbocycles. The van der Waals surface area contributed by atoms with Gasteiger partial charge in [-0.05, 0) is 49.6 Å². The lowest BCUT2D eigenvalue weighted by Gasteiger charge is -2.17. The number of ether oxygens (including phenoxy) is 1. The molecule has 158 valence electrons. The van der Waals surface area contributed by atoms with Gasteiger partial charge in [0.1, 0.15) is 6.61 Å². The molecule has 29 heavy (non-hydrogen) atoms. The number of aliphatic imine (C=N–C) groups is 1. The Labute approximate surface area is 195 Å². The third-order valence-electron chi connectivity index (χ3n) is 4.85. The molecule has 0 amide bonds. The van der Waals surface area contributed by atoms with Gasteiger partial charge in [-0.3, -0.25) is 0 Å². The zero-order chi connectivity index (χ0) is 19.6. The Hall–Kier alpha value is -1.48. The molecule has 0 bridgehead atoms. The lowest BCUT2D eigenvalue weighted by Crippen LogP contribution is -2.42. The highest BCUT2D eigenvalue weighted by atomic mass is 127. The maximum absolute atomic E-state index is 5.83. The Kier molecular flexibility index (Phi) is 10.6. The van der Waals surface area contributed by atoms with E-state index in [0.29, 0.717) is 25.1 Å². The van der Waals surface area contributed by atoms with Gasteiger partial charge in [0.05, 0.1) is 6.54 Å². The standard InChI is InChI=1S/C22H30N4OS.HI/c1-3-23-22(26-19-9-10-20(14-19)28-2)25-15-18-11-12-24-21(13-18)27-16-17-7-5-4-6-8-17;/h4-8,11-13,19-20H,3,9-10,14-16H2,1-2H3,(H2,23,25,26);1H. The number of nitrogens with zero attached hydrogens (tertiary/aromatic N) is 2. The summed E-state index contributed by atoms with van der Waals surface area (Å²) in [6.45, 7) is 4.06. The van der Waals surface area contributed by atoms with Crippen molar-refractivity contribution in [1.29, 1.82) is 0 Å². The van der Waals surface area contributed by atoms with E-state index in [2.05, 4.69) is 28.8 Å². The summed E-state index contributed by atoms with van der Waals surface area (Å²) in [4.78, 5) is 9.08. The Morgan fingerprint density at radius 3 is 2.76 bits per heavy atom. The number of thioether (sulfide) groups is 1. The van der Waals surface area contributed by atoms with Crippen molar-refractivity contribution in [3.05, 3.63) is 59.8 Å². The van der Waals surface area contributed by atoms with Crippen molar-refractivity contribution in [2.75, 3.05) is 12.8 Å². The molecule has 2 N–H and O–H groups in total. The molecule has 1 fully saturated rings. The summed E-state index contributed by atoms with van der Waals surface area (Å²) in [6.07, 6.45) is 7.68. The van der Waals surface area contributed by atoms with Crippen LogP contribution in [0.5, 0.6) is 5.88 Å². The first kappa shape index (κ1) is 23.8. The number of benzene rings is 1. The van der Waals surface area contributed by atoms with Crippen LogP contribution in [-0.2, 0) is 13.2 Å². The zero-order valence-corrected chi connectivity index (χ0v) is 20.3. The molecule has 0 spiro atoms. The number of pyridine rings is 1. The van der Waals surface area contributed by atoms with Gasteiger partial charge in [0.25, 0.3) is 0 Å². The molecule has 3 rings (SSSR count). The normalized spacial score (nSPS) is 18.8. The third-order valence-corrected chi connectivity index (χ3v) is 5.95. The fourth-order valence-electron chi connectivity index (χ4n) is 3.33. The van der Waals surface area contributed by atoms with Crippen molar-refractivity contribution in [3.8, 4) is 5.88 Å². The van der Waals surface area contributed by atoms with Gasteiger partial charge in [0.15, 0.2) is 5.96 Å². The van der Waals surface area contributed by atoms with Crippen LogP contribution in [0.25, 0.3) is 0 Å². The second-order valence-electron chi connectivity index (χ2n) is 6.98. The number of guanidine groups is 1. The molecule has 1 heterocycles. The predicted molar refractivity (Wildman–Crippen MR) is 133 cm³/mol. The van der Waals surface area contributed by atoms with Crippen molar-refractivity contribution in [2.45, 2.75) is 50.6 Å². The van der Waals surface area contributed by atoms with E-state index in [0.717, 1.165) is 28.9 Å². The van der Waals surface area contributed by atoms with Crippen molar-refractivity contribution in [3.63, 3.8) is 0 Å². The van der Waals surface area contributed by atoms with E-state index >= 15 is 0 Å². The van der Waals surface area contributed by atoms with E-state index in [1.165, 1.54) is 19.3 Å². The number of rotatable bonds is 8. The Balaban J connectivity index is 0.00000300. The van der Waals surface area contributed by atoms with Crippen LogP contribution in [0.2, 0.25) is 0 Å². The number of hydrogen-bond acceptors (Lipinski definition) is 4. The molecule has 0 radical (unpaired) electrons. The topological polar surface area (TPSA) is 58.5 Å². The second-order valence-corrected chi connectivity index (χ2v) is 8.12. The van der Waals surface area contributed by atoms with Gasteiger partial charge in [0, 0.05) is 30.1 Å². The SMILES string of the molecule is CCNC(=NCc1ccnc(OCc2ccccc2)c1)NC1CCC(SC)C1.I. The van der Waals surface area contributed by atoms with Crippen LogP contribution in [0.3, 0.4) is 0 Å². The van der Waals surface area contributed by atoms with Crippen LogP contribution in [-0.4, -0.2) is 35.0 Å². The molecule has 2 unspecified atom stereocenters. The van der Waals surface area contributed by atoms with Gasteiger partial charge >= 0.3 is 0 Å². The molecule has 2 atom stereocenters. The minimum atomic E-state index is 0. The van der Waals surface area contributed by atoms with Crippen molar-refractivity contribution < 1.29 is 4.74 Å². The summed E-state index contributed by atoms with van der Waals surface area (Å²) < 4.78 is 5.83. The van der Waals surface area contributed by atoms with Gasteiger partial charge in [-0.15, -0.1) is 24.0 Å². The molecule has 1 aliphatic rings. The largest absolute Gasteiger partial charge is 0.473 e. The van der Waals surface area contributed by atoms with E-state index in [1.807, 2.05) is 54.2 Å². The number of nitrogens with one attached hydrogen (secondary N) is 2. The van der Waals surface area contributed by atoms with Gasteiger partial charge in [-0.1, -0.05) is 30.3 Å². The highest BCUT2D eigenvalue weighted by Crippen LogP contribution is 2.28. The first-order valence-corrected chi connectivity index (χ1v) is 11.2. The van der Waals surface area contributed by atoms with Crippen LogP contribution < -0.4 is 15.4 Å². The molecule has 0 aliphatic heterocycles. The minimum Gasteiger partial charge on any atom is -0.473 e. The summed E-state index contributed by atoms with van der Waals surface area (Å²) in [7, 11) is 0. The Morgan fingerprint density at radius 1 is 1.21 bits per heavy atom. The van der Waals surface area contributed by atoms with Crippen molar-refractivity contribution in [1.82, 2.24) is 15.6 Å². The molecule has 1 aromatic heterocycles. The summed E-state index contributed by atoms with van der Waals surface area (Å²) in [5.74, 6) is 1.52. The first-order chi connectivity index (χ1) is 13.8. The maximum atomic E-state index is 5.83. The smallest absolute Gasteiger partial charge is 0.213 e. The average molecular weight is 526 g/mol. The highest BCUT2D eigenvalue weighted by molar-refractivity contribution is 14.0. The summed E-state index contributed by atoms with van der Waals surface area (Å²) in [5.41, 5.74) is 2.22. The van der Waals surface area contributed by atoms with Crippen LogP contribution in [0, 0.1) is 0 Å². The van der Waals surface area contributed by atoms with Gasteiger partial charge in [0.2, 0.25) is 5.88 Å². The summed E-state index contributed by atoms with van der Waals surface area (Å²) in [5, 5.41) is 7.72. The molecular formula is C22H31IN4OS. The molecule has 1 saturated carbocycles. The summed E-state index contributed by atoms with van der Waals surface area (Å²) >= 11 is 1.97. The zero-order valence-electron chi connectivity index (χ0n) is 17.1. The number of aromatic nitrogens is 1.